The highest BCUT2D eigenvalue weighted by Crippen LogP contribution is 2.29. The van der Waals surface area contributed by atoms with E-state index >= 15 is 0 Å². The average Bonchev–Trinajstić information content (AvgIpc) is 2.69. The van der Waals surface area contributed by atoms with Crippen LogP contribution in [0.4, 0.5) is 5.69 Å². The van der Waals surface area contributed by atoms with Gasteiger partial charge in [-0.25, -0.2) is 13.1 Å². The first-order valence-corrected chi connectivity index (χ1v) is 8.58. The molecule has 0 atom stereocenters. The molecule has 19 heavy (non-hydrogen) atoms. The highest BCUT2D eigenvalue weighted by atomic mass is 79.9. The Morgan fingerprint density at radius 3 is 2.47 bits per heavy atom. The normalized spacial score (nSPS) is 11.7. The fourth-order valence-corrected chi connectivity index (χ4v) is 5.02. The van der Waals surface area contributed by atoms with Crippen molar-refractivity contribution in [3.05, 3.63) is 44.6 Å². The molecule has 1 aromatic carbocycles. The second-order valence-corrected chi connectivity index (χ2v) is 8.41. The van der Waals surface area contributed by atoms with Gasteiger partial charge in [-0.1, -0.05) is 12.1 Å². The molecule has 0 radical (unpaired) electrons. The van der Waals surface area contributed by atoms with Gasteiger partial charge in [0.2, 0.25) is 10.0 Å². The summed E-state index contributed by atoms with van der Waals surface area (Å²) in [6, 6.07) is 8.71. The predicted molar refractivity (Wildman–Crippen MR) is 81.6 cm³/mol. The summed E-state index contributed by atoms with van der Waals surface area (Å²) in [5, 5.41) is 0. The molecule has 0 fully saturated rings. The third-order valence-electron chi connectivity index (χ3n) is 2.58. The molecule has 7 heteroatoms. The molecule has 1 heterocycles. The molecule has 0 unspecified atom stereocenters. The van der Waals surface area contributed by atoms with E-state index in [0.717, 1.165) is 14.2 Å². The van der Waals surface area contributed by atoms with E-state index in [1.807, 2.05) is 0 Å². The molecule has 4 nitrogen and oxygen atoms in total. The van der Waals surface area contributed by atoms with Crippen molar-refractivity contribution >= 4 is 43.0 Å². The summed E-state index contributed by atoms with van der Waals surface area (Å²) >= 11 is 4.69. The zero-order valence-electron chi connectivity index (χ0n) is 10.2. The lowest BCUT2D eigenvalue weighted by Gasteiger charge is -2.06. The van der Waals surface area contributed by atoms with Gasteiger partial charge in [0.25, 0.3) is 0 Å². The summed E-state index contributed by atoms with van der Waals surface area (Å²) in [6.07, 6.45) is 0. The Kier molecular flexibility index (Phi) is 4.29. The molecule has 0 saturated carbocycles. The van der Waals surface area contributed by atoms with Crippen molar-refractivity contribution in [2.45, 2.75) is 18.4 Å². The van der Waals surface area contributed by atoms with Crippen LogP contribution in [0, 0.1) is 6.92 Å². The van der Waals surface area contributed by atoms with Crippen LogP contribution in [0.15, 0.2) is 39.0 Å². The number of nitrogen functional groups attached to an aromatic ring is 1. The van der Waals surface area contributed by atoms with Crippen LogP contribution in [0.5, 0.6) is 0 Å². The Labute approximate surface area is 124 Å². The van der Waals surface area contributed by atoms with Gasteiger partial charge in [-0.15, -0.1) is 11.3 Å². The smallest absolute Gasteiger partial charge is 0.242 e. The van der Waals surface area contributed by atoms with Crippen LogP contribution in [0.3, 0.4) is 0 Å². The van der Waals surface area contributed by atoms with E-state index in [-0.39, 0.29) is 6.54 Å². The fraction of sp³-hybridized carbons (Fsp3) is 0.167. The van der Waals surface area contributed by atoms with Crippen LogP contribution >= 0.6 is 27.3 Å². The number of thiophene rings is 1. The number of rotatable bonds is 4. The minimum absolute atomic E-state index is 0.246. The Morgan fingerprint density at radius 2 is 1.95 bits per heavy atom. The summed E-state index contributed by atoms with van der Waals surface area (Å²) in [5.41, 5.74) is 7.10. The van der Waals surface area contributed by atoms with E-state index in [2.05, 4.69) is 20.7 Å². The van der Waals surface area contributed by atoms with Crippen molar-refractivity contribution in [1.29, 1.82) is 0 Å². The first-order chi connectivity index (χ1) is 8.88. The molecule has 0 aliphatic heterocycles. The molecule has 0 spiro atoms. The highest BCUT2D eigenvalue weighted by molar-refractivity contribution is 9.11. The molecule has 0 saturated heterocycles. The first-order valence-electron chi connectivity index (χ1n) is 5.48. The van der Waals surface area contributed by atoms with Gasteiger partial charge in [0.05, 0.1) is 8.68 Å². The van der Waals surface area contributed by atoms with E-state index in [1.54, 1.807) is 37.3 Å². The molecule has 0 aliphatic carbocycles. The van der Waals surface area contributed by atoms with Gasteiger partial charge in [0.1, 0.15) is 0 Å². The number of aryl methyl sites for hydroxylation is 1. The topological polar surface area (TPSA) is 72.2 Å². The number of benzene rings is 1. The zero-order valence-corrected chi connectivity index (χ0v) is 13.4. The maximum Gasteiger partial charge on any atom is 0.242 e. The Hall–Kier alpha value is -0.890. The van der Waals surface area contributed by atoms with Gasteiger partial charge < -0.3 is 5.73 Å². The van der Waals surface area contributed by atoms with Gasteiger partial charge in [-0.3, -0.25) is 0 Å². The number of hydrogen-bond donors (Lipinski definition) is 2. The van der Waals surface area contributed by atoms with Crippen LogP contribution in [0.2, 0.25) is 0 Å². The Balaban J connectivity index is 2.14. The average molecular weight is 361 g/mol. The van der Waals surface area contributed by atoms with Gasteiger partial charge >= 0.3 is 0 Å². The summed E-state index contributed by atoms with van der Waals surface area (Å²) < 4.78 is 27.7. The van der Waals surface area contributed by atoms with Gasteiger partial charge in [0, 0.05) is 17.1 Å². The zero-order chi connectivity index (χ0) is 14.0. The summed E-state index contributed by atoms with van der Waals surface area (Å²) in [7, 11) is -3.48. The lowest BCUT2D eigenvalue weighted by atomic mass is 10.2. The molecule has 102 valence electrons. The van der Waals surface area contributed by atoms with Crippen molar-refractivity contribution in [3.8, 4) is 0 Å². The molecule has 0 aliphatic rings. The fourth-order valence-electron chi connectivity index (χ4n) is 1.59. The van der Waals surface area contributed by atoms with Gasteiger partial charge in [0.15, 0.2) is 0 Å². The second-order valence-electron chi connectivity index (χ2n) is 4.04. The lowest BCUT2D eigenvalue weighted by Crippen LogP contribution is -2.23. The Bertz CT molecular complexity index is 678. The first kappa shape index (κ1) is 14.5. The lowest BCUT2D eigenvalue weighted by molar-refractivity contribution is 0.581. The van der Waals surface area contributed by atoms with Gasteiger partial charge in [-0.2, -0.15) is 0 Å². The molecule has 0 amide bonds. The third kappa shape index (κ3) is 3.56. The largest absolute Gasteiger partial charge is 0.399 e. The van der Waals surface area contributed by atoms with Crippen molar-refractivity contribution in [3.63, 3.8) is 0 Å². The third-order valence-corrected chi connectivity index (χ3v) is 5.79. The molecule has 3 N–H and O–H groups in total. The maximum absolute atomic E-state index is 12.2. The van der Waals surface area contributed by atoms with E-state index in [1.165, 1.54) is 11.3 Å². The molecule has 2 aromatic rings. The van der Waals surface area contributed by atoms with Crippen LogP contribution < -0.4 is 10.5 Å². The van der Waals surface area contributed by atoms with E-state index in [9.17, 15) is 8.42 Å². The van der Waals surface area contributed by atoms with Crippen molar-refractivity contribution in [2.75, 3.05) is 5.73 Å². The molecular weight excluding hydrogens is 348 g/mol. The minimum Gasteiger partial charge on any atom is -0.399 e. The summed E-state index contributed by atoms with van der Waals surface area (Å²) in [4.78, 5) is 1.08. The van der Waals surface area contributed by atoms with Gasteiger partial charge in [-0.05, 0) is 46.6 Å². The quantitative estimate of drug-likeness (QED) is 0.823. The Morgan fingerprint density at radius 1 is 1.32 bits per heavy atom. The van der Waals surface area contributed by atoms with Crippen LogP contribution in [0.1, 0.15) is 10.4 Å². The number of hydrogen-bond acceptors (Lipinski definition) is 4. The van der Waals surface area contributed by atoms with Crippen LogP contribution in [-0.4, -0.2) is 8.42 Å². The van der Waals surface area contributed by atoms with Crippen molar-refractivity contribution < 1.29 is 8.42 Å². The van der Waals surface area contributed by atoms with Crippen LogP contribution in [-0.2, 0) is 16.6 Å². The monoisotopic (exact) mass is 360 g/mol. The van der Waals surface area contributed by atoms with Crippen molar-refractivity contribution in [2.24, 2.45) is 0 Å². The number of halogens is 1. The number of nitrogens with one attached hydrogen (secondary N) is 1. The molecule has 1 aromatic heterocycles. The second kappa shape index (κ2) is 5.62. The molecular formula is C12H13BrN2O2S2. The maximum atomic E-state index is 12.2. The van der Waals surface area contributed by atoms with Crippen molar-refractivity contribution in [1.82, 2.24) is 4.72 Å². The summed E-state index contributed by atoms with van der Waals surface area (Å²) in [5.74, 6) is 0. The number of anilines is 1. The predicted octanol–water partition coefficient (Wildman–Crippen LogP) is 2.88. The van der Waals surface area contributed by atoms with Crippen LogP contribution in [0.25, 0.3) is 0 Å². The minimum atomic E-state index is -3.48. The number of sulfonamides is 1. The molecule has 0 bridgehead atoms. The van der Waals surface area contributed by atoms with E-state index in [0.29, 0.717) is 10.6 Å². The SMILES string of the molecule is Cc1sc(Br)cc1S(=O)(=O)NCc1ccc(N)cc1. The summed E-state index contributed by atoms with van der Waals surface area (Å²) in [6.45, 7) is 2.03. The highest BCUT2D eigenvalue weighted by Gasteiger charge is 2.18. The number of nitrogens with two attached hydrogens (primary N) is 1. The van der Waals surface area contributed by atoms with E-state index in [4.69, 9.17) is 5.73 Å². The molecule has 2 rings (SSSR count). The van der Waals surface area contributed by atoms with E-state index < -0.39 is 10.0 Å². The standard InChI is InChI=1S/C12H13BrN2O2S2/c1-8-11(6-12(13)18-8)19(16,17)15-7-9-2-4-10(14)5-3-9/h2-6,15H,7,14H2,1H3.